The molecule has 2 aromatic rings. The van der Waals surface area contributed by atoms with Gasteiger partial charge in [0.2, 0.25) is 0 Å². The SMILES string of the molecule is COC(=O)C1CCc2sc(Cn3ccnc3)cc2C1. The lowest BCUT2D eigenvalue weighted by Gasteiger charge is -2.19. The van der Waals surface area contributed by atoms with Gasteiger partial charge in [-0.3, -0.25) is 4.79 Å². The second-order valence-electron chi connectivity index (χ2n) is 4.86. The monoisotopic (exact) mass is 276 g/mol. The van der Waals surface area contributed by atoms with E-state index in [9.17, 15) is 4.79 Å². The highest BCUT2D eigenvalue weighted by molar-refractivity contribution is 7.12. The largest absolute Gasteiger partial charge is 0.469 e. The molecule has 0 saturated heterocycles. The molecule has 100 valence electrons. The molecule has 0 bridgehead atoms. The molecule has 3 rings (SSSR count). The summed E-state index contributed by atoms with van der Waals surface area (Å²) in [5, 5.41) is 0. The summed E-state index contributed by atoms with van der Waals surface area (Å²) in [6.45, 7) is 0.862. The van der Waals surface area contributed by atoms with E-state index in [1.54, 1.807) is 6.20 Å². The number of hydrogen-bond donors (Lipinski definition) is 0. The van der Waals surface area contributed by atoms with E-state index in [1.165, 1.54) is 22.4 Å². The van der Waals surface area contributed by atoms with Gasteiger partial charge in [0, 0.05) is 22.1 Å². The van der Waals surface area contributed by atoms with E-state index >= 15 is 0 Å². The number of carbonyl (C=O) groups excluding carboxylic acids is 1. The number of esters is 1. The van der Waals surface area contributed by atoms with Gasteiger partial charge in [-0.25, -0.2) is 4.98 Å². The van der Waals surface area contributed by atoms with E-state index in [-0.39, 0.29) is 11.9 Å². The first kappa shape index (κ1) is 12.4. The smallest absolute Gasteiger partial charge is 0.309 e. The van der Waals surface area contributed by atoms with Gasteiger partial charge in [-0.05, 0) is 30.9 Å². The zero-order chi connectivity index (χ0) is 13.2. The van der Waals surface area contributed by atoms with Crippen molar-refractivity contribution in [3.8, 4) is 0 Å². The average Bonchev–Trinajstić information content (AvgIpc) is 3.05. The third kappa shape index (κ3) is 2.56. The van der Waals surface area contributed by atoms with E-state index in [4.69, 9.17) is 4.74 Å². The predicted octanol–water partition coefficient (Wildman–Crippen LogP) is 2.27. The number of aromatic nitrogens is 2. The molecular weight excluding hydrogens is 260 g/mol. The van der Waals surface area contributed by atoms with Crippen molar-refractivity contribution in [3.05, 3.63) is 40.1 Å². The predicted molar refractivity (Wildman–Crippen MR) is 73.2 cm³/mol. The number of fused-ring (bicyclic) bond motifs is 1. The van der Waals surface area contributed by atoms with Gasteiger partial charge in [0.1, 0.15) is 0 Å². The Bertz CT molecular complexity index is 574. The summed E-state index contributed by atoms with van der Waals surface area (Å²) < 4.78 is 6.91. The van der Waals surface area contributed by atoms with E-state index < -0.39 is 0 Å². The Hall–Kier alpha value is -1.62. The molecule has 5 heteroatoms. The molecule has 0 amide bonds. The minimum atomic E-state index is -0.0759. The molecule has 0 saturated carbocycles. The van der Waals surface area contributed by atoms with Crippen LogP contribution in [0.2, 0.25) is 0 Å². The molecule has 0 radical (unpaired) electrons. The number of methoxy groups -OCH3 is 1. The van der Waals surface area contributed by atoms with Crippen LogP contribution >= 0.6 is 11.3 Å². The first-order valence-electron chi connectivity index (χ1n) is 6.40. The molecule has 0 N–H and O–H groups in total. The zero-order valence-electron chi connectivity index (χ0n) is 10.8. The lowest BCUT2D eigenvalue weighted by molar-refractivity contribution is -0.145. The molecule has 0 aromatic carbocycles. The fourth-order valence-corrected chi connectivity index (χ4v) is 3.82. The number of carbonyl (C=O) groups is 1. The lowest BCUT2D eigenvalue weighted by Crippen LogP contribution is -2.22. The van der Waals surface area contributed by atoms with Crippen molar-refractivity contribution in [1.29, 1.82) is 0 Å². The van der Waals surface area contributed by atoms with Crippen LogP contribution in [0, 0.1) is 5.92 Å². The van der Waals surface area contributed by atoms with Crippen molar-refractivity contribution in [2.45, 2.75) is 25.8 Å². The van der Waals surface area contributed by atoms with Crippen LogP contribution in [0.5, 0.6) is 0 Å². The lowest BCUT2D eigenvalue weighted by atomic mass is 9.88. The van der Waals surface area contributed by atoms with Crippen LogP contribution in [0.1, 0.15) is 21.7 Å². The van der Waals surface area contributed by atoms with Crippen molar-refractivity contribution >= 4 is 17.3 Å². The van der Waals surface area contributed by atoms with Crippen molar-refractivity contribution in [2.24, 2.45) is 5.92 Å². The highest BCUT2D eigenvalue weighted by Gasteiger charge is 2.26. The summed E-state index contributed by atoms with van der Waals surface area (Å²) in [7, 11) is 1.47. The van der Waals surface area contributed by atoms with Crippen molar-refractivity contribution in [3.63, 3.8) is 0 Å². The van der Waals surface area contributed by atoms with Gasteiger partial charge in [-0.15, -0.1) is 11.3 Å². The Balaban J connectivity index is 1.75. The van der Waals surface area contributed by atoms with Crippen molar-refractivity contribution in [2.75, 3.05) is 7.11 Å². The molecule has 2 heterocycles. The highest BCUT2D eigenvalue weighted by Crippen LogP contribution is 2.33. The van der Waals surface area contributed by atoms with Crippen LogP contribution in [0.25, 0.3) is 0 Å². The Labute approximate surface area is 116 Å². The Morgan fingerprint density at radius 3 is 3.26 bits per heavy atom. The molecule has 1 unspecified atom stereocenters. The van der Waals surface area contributed by atoms with Crippen LogP contribution in [-0.4, -0.2) is 22.6 Å². The van der Waals surface area contributed by atoms with Crippen LogP contribution < -0.4 is 0 Å². The first-order valence-corrected chi connectivity index (χ1v) is 7.22. The van der Waals surface area contributed by atoms with Crippen LogP contribution in [-0.2, 0) is 28.9 Å². The van der Waals surface area contributed by atoms with E-state index in [2.05, 4.69) is 15.6 Å². The van der Waals surface area contributed by atoms with Crippen LogP contribution in [0.4, 0.5) is 0 Å². The quantitative estimate of drug-likeness (QED) is 0.808. The van der Waals surface area contributed by atoms with Crippen molar-refractivity contribution < 1.29 is 9.53 Å². The molecule has 19 heavy (non-hydrogen) atoms. The topological polar surface area (TPSA) is 44.1 Å². The summed E-state index contributed by atoms with van der Waals surface area (Å²) >= 11 is 1.85. The molecule has 1 aliphatic carbocycles. The molecule has 2 aromatic heterocycles. The first-order chi connectivity index (χ1) is 9.26. The molecule has 0 spiro atoms. The number of ether oxygens (including phenoxy) is 1. The second kappa shape index (κ2) is 5.17. The maximum Gasteiger partial charge on any atom is 0.309 e. The van der Waals surface area contributed by atoms with Crippen LogP contribution in [0.15, 0.2) is 24.8 Å². The number of aryl methyl sites for hydroxylation is 1. The zero-order valence-corrected chi connectivity index (χ0v) is 11.7. The summed E-state index contributed by atoms with van der Waals surface area (Å²) in [4.78, 5) is 18.4. The number of nitrogens with zero attached hydrogens (tertiary/aromatic N) is 2. The molecule has 1 aliphatic rings. The number of rotatable bonds is 3. The van der Waals surface area contributed by atoms with Gasteiger partial charge in [-0.1, -0.05) is 0 Å². The number of imidazole rings is 1. The maximum absolute atomic E-state index is 11.6. The summed E-state index contributed by atoms with van der Waals surface area (Å²) in [5.74, 6) is -0.0406. The Morgan fingerprint density at radius 1 is 1.63 bits per heavy atom. The van der Waals surface area contributed by atoms with Crippen molar-refractivity contribution in [1.82, 2.24) is 9.55 Å². The molecule has 0 aliphatic heterocycles. The fourth-order valence-electron chi connectivity index (χ4n) is 2.59. The molecule has 0 fully saturated rings. The van der Waals surface area contributed by atoms with Gasteiger partial charge in [0.25, 0.3) is 0 Å². The third-order valence-electron chi connectivity index (χ3n) is 3.57. The summed E-state index contributed by atoms with van der Waals surface area (Å²) in [6, 6.07) is 2.23. The van der Waals surface area contributed by atoms with Crippen LogP contribution in [0.3, 0.4) is 0 Å². The molecule has 4 nitrogen and oxygen atoms in total. The normalized spacial score (nSPS) is 18.1. The minimum Gasteiger partial charge on any atom is -0.469 e. The van der Waals surface area contributed by atoms with Gasteiger partial charge >= 0.3 is 5.97 Å². The minimum absolute atomic E-state index is 0.0354. The fraction of sp³-hybridized carbons (Fsp3) is 0.429. The number of hydrogen-bond acceptors (Lipinski definition) is 4. The molecular formula is C14H16N2O2S. The summed E-state index contributed by atoms with van der Waals surface area (Å²) in [6.07, 6.45) is 8.31. The molecule has 1 atom stereocenters. The van der Waals surface area contributed by atoms with Gasteiger partial charge in [0.15, 0.2) is 0 Å². The number of thiophene rings is 1. The summed E-state index contributed by atoms with van der Waals surface area (Å²) in [5.41, 5.74) is 1.32. The van der Waals surface area contributed by atoms with E-state index in [1.807, 2.05) is 23.9 Å². The maximum atomic E-state index is 11.6. The van der Waals surface area contributed by atoms with E-state index in [0.29, 0.717) is 0 Å². The second-order valence-corrected chi connectivity index (χ2v) is 6.08. The average molecular weight is 276 g/mol. The Morgan fingerprint density at radius 2 is 2.53 bits per heavy atom. The van der Waals surface area contributed by atoms with Gasteiger partial charge in [-0.2, -0.15) is 0 Å². The standard InChI is InChI=1S/C14H16N2O2S/c1-18-14(17)10-2-3-13-11(6-10)7-12(19-13)8-16-5-4-15-9-16/h4-5,7,9-10H,2-3,6,8H2,1H3. The van der Waals surface area contributed by atoms with Gasteiger partial charge < -0.3 is 9.30 Å². The van der Waals surface area contributed by atoms with Gasteiger partial charge in [0.05, 0.1) is 25.9 Å². The highest BCUT2D eigenvalue weighted by atomic mass is 32.1. The Kier molecular flexibility index (Phi) is 3.38. The van der Waals surface area contributed by atoms with E-state index in [0.717, 1.165) is 25.8 Å². The third-order valence-corrected chi connectivity index (χ3v) is 4.79.